The fourth-order valence-electron chi connectivity index (χ4n) is 2.97. The fraction of sp³-hybridized carbons (Fsp3) is 0.588. The van der Waals surface area contributed by atoms with Crippen LogP contribution in [0.3, 0.4) is 0 Å². The Kier molecular flexibility index (Phi) is 4.84. The molecule has 1 aromatic carbocycles. The molecule has 2 unspecified atom stereocenters. The summed E-state index contributed by atoms with van der Waals surface area (Å²) in [6.07, 6.45) is 0.825. The van der Waals surface area contributed by atoms with Gasteiger partial charge in [0.1, 0.15) is 17.4 Å². The first kappa shape index (κ1) is 15.8. The summed E-state index contributed by atoms with van der Waals surface area (Å²) in [5.74, 6) is 0.0635. The van der Waals surface area contributed by atoms with Gasteiger partial charge in [-0.15, -0.1) is 0 Å². The topological polar surface area (TPSA) is 39.1 Å². The lowest BCUT2D eigenvalue weighted by Gasteiger charge is -2.40. The zero-order valence-electron chi connectivity index (χ0n) is 13.3. The van der Waals surface area contributed by atoms with Crippen LogP contribution >= 0.6 is 0 Å². The van der Waals surface area contributed by atoms with E-state index >= 15 is 0 Å². The molecule has 4 heteroatoms. The summed E-state index contributed by atoms with van der Waals surface area (Å²) in [6.45, 7) is 10.1. The number of hydrogen-bond donors (Lipinski definition) is 1. The molecule has 0 saturated carbocycles. The molecule has 0 aliphatic carbocycles. The number of halogens is 1. The highest BCUT2D eigenvalue weighted by molar-refractivity contribution is 5.62. The van der Waals surface area contributed by atoms with Gasteiger partial charge in [0.15, 0.2) is 0 Å². The van der Waals surface area contributed by atoms with Crippen molar-refractivity contribution in [1.29, 1.82) is 5.26 Å². The second-order valence-corrected chi connectivity index (χ2v) is 6.36. The monoisotopic (exact) mass is 289 g/mol. The first-order valence-corrected chi connectivity index (χ1v) is 7.66. The van der Waals surface area contributed by atoms with Crippen LogP contribution in [0.2, 0.25) is 0 Å². The van der Waals surface area contributed by atoms with Crippen molar-refractivity contribution in [2.24, 2.45) is 5.92 Å². The van der Waals surface area contributed by atoms with E-state index in [1.807, 2.05) is 12.1 Å². The molecule has 2 atom stereocenters. The number of nitriles is 1. The lowest BCUT2D eigenvalue weighted by atomic mass is 9.98. The first-order valence-electron chi connectivity index (χ1n) is 7.66. The molecule has 3 nitrogen and oxygen atoms in total. The van der Waals surface area contributed by atoms with Gasteiger partial charge in [-0.05, 0) is 43.9 Å². The molecule has 1 aliphatic rings. The Balaban J connectivity index is 2.45. The predicted molar refractivity (Wildman–Crippen MR) is 83.9 cm³/mol. The summed E-state index contributed by atoms with van der Waals surface area (Å²) in [7, 11) is 0. The molecule has 1 aromatic rings. The second-order valence-electron chi connectivity index (χ2n) is 6.36. The van der Waals surface area contributed by atoms with Crippen LogP contribution in [0.25, 0.3) is 0 Å². The molecule has 1 saturated heterocycles. The number of benzene rings is 1. The number of rotatable bonds is 3. The molecular weight excluding hydrogens is 265 g/mol. The Morgan fingerprint density at radius 2 is 2.14 bits per heavy atom. The van der Waals surface area contributed by atoms with Gasteiger partial charge in [0.25, 0.3) is 0 Å². The van der Waals surface area contributed by atoms with Crippen molar-refractivity contribution in [1.82, 2.24) is 5.32 Å². The van der Waals surface area contributed by atoms with E-state index in [0.29, 0.717) is 12.0 Å². The van der Waals surface area contributed by atoms with Crippen LogP contribution in [0.1, 0.15) is 38.8 Å². The normalized spacial score (nSPS) is 22.4. The van der Waals surface area contributed by atoms with E-state index in [1.54, 1.807) is 0 Å². The maximum atomic E-state index is 14.3. The Morgan fingerprint density at radius 1 is 1.43 bits per heavy atom. The van der Waals surface area contributed by atoms with Crippen molar-refractivity contribution < 1.29 is 4.39 Å². The zero-order chi connectivity index (χ0) is 15.6. The highest BCUT2D eigenvalue weighted by Crippen LogP contribution is 2.29. The smallest absolute Gasteiger partial charge is 0.143 e. The van der Waals surface area contributed by atoms with E-state index in [0.717, 1.165) is 30.8 Å². The number of nitrogens with one attached hydrogen (secondary N) is 1. The molecule has 114 valence electrons. The molecule has 21 heavy (non-hydrogen) atoms. The lowest BCUT2D eigenvalue weighted by Crippen LogP contribution is -2.55. The Hall–Kier alpha value is -1.60. The van der Waals surface area contributed by atoms with E-state index in [9.17, 15) is 9.65 Å². The predicted octanol–water partition coefficient (Wildman–Crippen LogP) is 3.08. The van der Waals surface area contributed by atoms with Gasteiger partial charge >= 0.3 is 0 Å². The molecule has 0 spiro atoms. The van der Waals surface area contributed by atoms with Crippen LogP contribution in [0.15, 0.2) is 12.1 Å². The summed E-state index contributed by atoms with van der Waals surface area (Å²) in [5, 5.41) is 12.7. The fourth-order valence-corrected chi connectivity index (χ4v) is 2.97. The van der Waals surface area contributed by atoms with Crippen molar-refractivity contribution in [3.63, 3.8) is 0 Å². The van der Waals surface area contributed by atoms with Crippen LogP contribution in [0, 0.1) is 23.1 Å². The van der Waals surface area contributed by atoms with Gasteiger partial charge in [0.05, 0.1) is 5.69 Å². The molecule has 1 aliphatic heterocycles. The molecule has 1 fully saturated rings. The van der Waals surface area contributed by atoms with Gasteiger partial charge in [-0.25, -0.2) is 4.39 Å². The van der Waals surface area contributed by atoms with E-state index in [4.69, 9.17) is 0 Å². The molecule has 2 rings (SSSR count). The van der Waals surface area contributed by atoms with Gasteiger partial charge in [-0.3, -0.25) is 0 Å². The number of anilines is 1. The summed E-state index contributed by atoms with van der Waals surface area (Å²) < 4.78 is 14.3. The van der Waals surface area contributed by atoms with Gasteiger partial charge in [-0.1, -0.05) is 13.8 Å². The lowest BCUT2D eigenvalue weighted by molar-refractivity contribution is 0.403. The van der Waals surface area contributed by atoms with Crippen LogP contribution < -0.4 is 10.2 Å². The Morgan fingerprint density at radius 3 is 2.76 bits per heavy atom. The van der Waals surface area contributed by atoms with Crippen molar-refractivity contribution >= 4 is 5.69 Å². The molecule has 1 heterocycles. The summed E-state index contributed by atoms with van der Waals surface area (Å²) >= 11 is 0. The number of nitrogens with zero attached hydrogens (tertiary/aromatic N) is 2. The Bertz CT molecular complexity index is 548. The molecular formula is C17H24FN3. The highest BCUT2D eigenvalue weighted by atomic mass is 19.1. The van der Waals surface area contributed by atoms with Gasteiger partial charge in [0.2, 0.25) is 0 Å². The summed E-state index contributed by atoms with van der Waals surface area (Å²) in [6, 6.07) is 6.11. The first-order chi connectivity index (χ1) is 9.93. The van der Waals surface area contributed by atoms with Crippen LogP contribution in [0.4, 0.5) is 10.1 Å². The zero-order valence-corrected chi connectivity index (χ0v) is 13.3. The molecule has 0 amide bonds. The Labute approximate surface area is 126 Å². The minimum Gasteiger partial charge on any atom is -0.365 e. The minimum atomic E-state index is -0.399. The van der Waals surface area contributed by atoms with Crippen LogP contribution in [0.5, 0.6) is 0 Å². The molecule has 0 radical (unpaired) electrons. The molecule has 0 aromatic heterocycles. The standard InChI is InChI=1S/C17H24FN3/c1-11(2)7-14-8-16(18)15(10-19)17(9-14)21-6-5-20-12(3)13(21)4/h8-9,11-13,20H,5-7H2,1-4H3. The molecule has 0 bridgehead atoms. The summed E-state index contributed by atoms with van der Waals surface area (Å²) in [4.78, 5) is 2.16. The van der Waals surface area contributed by atoms with Gasteiger partial charge < -0.3 is 10.2 Å². The highest BCUT2D eigenvalue weighted by Gasteiger charge is 2.27. The second kappa shape index (κ2) is 6.44. The van der Waals surface area contributed by atoms with Crippen LogP contribution in [-0.4, -0.2) is 25.2 Å². The number of hydrogen-bond acceptors (Lipinski definition) is 3. The largest absolute Gasteiger partial charge is 0.365 e. The van der Waals surface area contributed by atoms with E-state index in [2.05, 4.69) is 37.9 Å². The maximum Gasteiger partial charge on any atom is 0.143 e. The third kappa shape index (κ3) is 3.36. The maximum absolute atomic E-state index is 14.3. The molecule has 1 N–H and O–H groups in total. The number of piperazine rings is 1. The SMILES string of the molecule is CC(C)Cc1cc(F)c(C#N)c(N2CCNC(C)C2C)c1. The van der Waals surface area contributed by atoms with E-state index in [1.165, 1.54) is 6.07 Å². The van der Waals surface area contributed by atoms with Crippen LogP contribution in [-0.2, 0) is 6.42 Å². The van der Waals surface area contributed by atoms with Crippen molar-refractivity contribution in [3.05, 3.63) is 29.1 Å². The quantitative estimate of drug-likeness (QED) is 0.929. The van der Waals surface area contributed by atoms with Crippen molar-refractivity contribution in [2.75, 3.05) is 18.0 Å². The van der Waals surface area contributed by atoms with Crippen molar-refractivity contribution in [2.45, 2.75) is 46.2 Å². The van der Waals surface area contributed by atoms with Gasteiger partial charge in [0, 0.05) is 25.2 Å². The average Bonchev–Trinajstić information content (AvgIpc) is 2.40. The van der Waals surface area contributed by atoms with E-state index < -0.39 is 5.82 Å². The van der Waals surface area contributed by atoms with Gasteiger partial charge in [-0.2, -0.15) is 5.26 Å². The minimum absolute atomic E-state index is 0.170. The average molecular weight is 289 g/mol. The van der Waals surface area contributed by atoms with Crippen molar-refractivity contribution in [3.8, 4) is 6.07 Å². The summed E-state index contributed by atoms with van der Waals surface area (Å²) in [5.41, 5.74) is 1.88. The third-order valence-corrected chi connectivity index (χ3v) is 4.23. The van der Waals surface area contributed by atoms with E-state index in [-0.39, 0.29) is 11.6 Å². The third-order valence-electron chi connectivity index (χ3n) is 4.23.